The van der Waals surface area contributed by atoms with Crippen LogP contribution in [0.5, 0.6) is 0 Å². The van der Waals surface area contributed by atoms with Gasteiger partial charge in [-0.05, 0) is 39.4 Å². The Kier molecular flexibility index (Phi) is 11.0. The van der Waals surface area contributed by atoms with Gasteiger partial charge in [0.15, 0.2) is 5.96 Å². The van der Waals surface area contributed by atoms with Gasteiger partial charge in [-0.3, -0.25) is 0 Å². The third kappa shape index (κ3) is 6.87. The normalized spacial score (nSPS) is 20.4. The van der Waals surface area contributed by atoms with E-state index in [0.717, 1.165) is 82.0 Å². The van der Waals surface area contributed by atoms with Crippen LogP contribution < -0.4 is 10.2 Å². The second-order valence-electron chi connectivity index (χ2n) is 7.96. The summed E-state index contributed by atoms with van der Waals surface area (Å²) in [6.07, 6.45) is 1.16. The number of likely N-dealkylation sites (N-methyl/N-ethyl adjacent to an activating group) is 1. The third-order valence-electron chi connectivity index (χ3n) is 5.80. The molecule has 0 spiro atoms. The minimum Gasteiger partial charge on any atom is -0.381 e. The molecule has 3 rings (SSSR count). The van der Waals surface area contributed by atoms with E-state index in [9.17, 15) is 0 Å². The summed E-state index contributed by atoms with van der Waals surface area (Å²) >= 11 is 6.62. The highest BCUT2D eigenvalue weighted by Crippen LogP contribution is 2.29. The van der Waals surface area contributed by atoms with E-state index in [4.69, 9.17) is 21.3 Å². The van der Waals surface area contributed by atoms with Crippen LogP contribution in [0.25, 0.3) is 0 Å². The summed E-state index contributed by atoms with van der Waals surface area (Å²) < 4.78 is 5.63. The average Bonchev–Trinajstić information content (AvgIpc) is 3.19. The van der Waals surface area contributed by atoms with E-state index in [2.05, 4.69) is 47.0 Å². The van der Waals surface area contributed by atoms with Gasteiger partial charge in [0.25, 0.3) is 0 Å². The van der Waals surface area contributed by atoms with Gasteiger partial charge in [0, 0.05) is 74.6 Å². The summed E-state index contributed by atoms with van der Waals surface area (Å²) in [5.41, 5.74) is 2.35. The summed E-state index contributed by atoms with van der Waals surface area (Å²) in [7, 11) is 2.18. The number of rotatable bonds is 7. The Morgan fingerprint density at radius 1 is 1.20 bits per heavy atom. The topological polar surface area (TPSA) is 43.3 Å². The third-order valence-corrected chi connectivity index (χ3v) is 6.16. The summed E-state index contributed by atoms with van der Waals surface area (Å²) in [6, 6.07) is 6.21. The molecule has 1 unspecified atom stereocenters. The Hall–Kier alpha value is -0.770. The van der Waals surface area contributed by atoms with Crippen molar-refractivity contribution in [1.29, 1.82) is 0 Å². The monoisotopic (exact) mass is 549 g/mol. The van der Waals surface area contributed by atoms with Crippen molar-refractivity contribution in [3.05, 3.63) is 28.8 Å². The largest absolute Gasteiger partial charge is 0.381 e. The van der Waals surface area contributed by atoms with Gasteiger partial charge in [-0.1, -0.05) is 17.7 Å². The fourth-order valence-electron chi connectivity index (χ4n) is 4.07. The second-order valence-corrected chi connectivity index (χ2v) is 8.37. The van der Waals surface area contributed by atoms with Gasteiger partial charge < -0.3 is 24.8 Å². The Balaban J connectivity index is 0.00000320. The van der Waals surface area contributed by atoms with E-state index in [0.29, 0.717) is 12.5 Å². The average molecular weight is 550 g/mol. The highest BCUT2D eigenvalue weighted by molar-refractivity contribution is 14.0. The summed E-state index contributed by atoms with van der Waals surface area (Å²) in [4.78, 5) is 12.2. The fourth-order valence-corrected chi connectivity index (χ4v) is 4.30. The van der Waals surface area contributed by atoms with Crippen molar-refractivity contribution >= 4 is 47.2 Å². The first-order chi connectivity index (χ1) is 14.1. The molecule has 30 heavy (non-hydrogen) atoms. The zero-order valence-corrected chi connectivity index (χ0v) is 21.7. The standard InChI is InChI=1S/C22H36ClN5O.HI/c1-4-24-22(28-10-9-18(16-28)17-29-5-2)25-15-19-20(23)7-6-8-21(19)27-13-11-26(3)12-14-27;/h6-8,18H,4-5,9-17H2,1-3H3,(H,24,25);1H. The number of likely N-dealkylation sites (tertiary alicyclic amines) is 1. The lowest BCUT2D eigenvalue weighted by atomic mass is 10.1. The molecule has 0 saturated carbocycles. The summed E-state index contributed by atoms with van der Waals surface area (Å²) in [5, 5.41) is 4.27. The number of hydrogen-bond donors (Lipinski definition) is 1. The Morgan fingerprint density at radius 2 is 1.97 bits per heavy atom. The molecule has 2 heterocycles. The van der Waals surface area contributed by atoms with E-state index in [-0.39, 0.29) is 24.0 Å². The molecule has 8 heteroatoms. The molecule has 170 valence electrons. The Morgan fingerprint density at radius 3 is 2.67 bits per heavy atom. The maximum atomic E-state index is 6.62. The van der Waals surface area contributed by atoms with E-state index < -0.39 is 0 Å². The van der Waals surface area contributed by atoms with Crippen molar-refractivity contribution in [3.63, 3.8) is 0 Å². The maximum Gasteiger partial charge on any atom is 0.194 e. The molecule has 2 aliphatic rings. The van der Waals surface area contributed by atoms with Gasteiger partial charge >= 0.3 is 0 Å². The molecular weight excluding hydrogens is 513 g/mol. The number of benzene rings is 1. The summed E-state index contributed by atoms with van der Waals surface area (Å²) in [6.45, 7) is 13.5. The van der Waals surface area contributed by atoms with Crippen LogP contribution in [0.1, 0.15) is 25.8 Å². The predicted molar refractivity (Wildman–Crippen MR) is 138 cm³/mol. The van der Waals surface area contributed by atoms with Crippen LogP contribution in [0.4, 0.5) is 5.69 Å². The van der Waals surface area contributed by atoms with Crippen LogP contribution in [-0.4, -0.2) is 81.8 Å². The number of guanidine groups is 1. The minimum atomic E-state index is 0. The number of aliphatic imine (C=N–C) groups is 1. The van der Waals surface area contributed by atoms with E-state index in [1.807, 2.05) is 12.1 Å². The molecule has 2 fully saturated rings. The first kappa shape index (κ1) is 25.5. The molecule has 1 atom stereocenters. The maximum absolute atomic E-state index is 6.62. The van der Waals surface area contributed by atoms with Gasteiger partial charge in [0.2, 0.25) is 0 Å². The molecule has 1 aromatic rings. The number of nitrogens with zero attached hydrogens (tertiary/aromatic N) is 4. The Labute approximate surface area is 204 Å². The lowest BCUT2D eigenvalue weighted by molar-refractivity contribution is 0.114. The number of piperazine rings is 1. The molecule has 0 aliphatic carbocycles. The minimum absolute atomic E-state index is 0. The van der Waals surface area contributed by atoms with Gasteiger partial charge in [-0.25, -0.2) is 4.99 Å². The zero-order chi connectivity index (χ0) is 20.6. The van der Waals surface area contributed by atoms with Crippen LogP contribution in [0.15, 0.2) is 23.2 Å². The first-order valence-electron chi connectivity index (χ1n) is 10.9. The van der Waals surface area contributed by atoms with E-state index in [1.54, 1.807) is 0 Å². The molecule has 0 radical (unpaired) electrons. The van der Waals surface area contributed by atoms with Crippen LogP contribution in [-0.2, 0) is 11.3 Å². The predicted octanol–water partition coefficient (Wildman–Crippen LogP) is 3.53. The number of halogens is 2. The lowest BCUT2D eigenvalue weighted by Crippen LogP contribution is -2.44. The fraction of sp³-hybridized carbons (Fsp3) is 0.682. The highest BCUT2D eigenvalue weighted by atomic mass is 127. The Bertz CT molecular complexity index is 681. The highest BCUT2D eigenvalue weighted by Gasteiger charge is 2.25. The first-order valence-corrected chi connectivity index (χ1v) is 11.3. The van der Waals surface area contributed by atoms with Crippen molar-refractivity contribution in [1.82, 2.24) is 15.1 Å². The second kappa shape index (κ2) is 12.9. The zero-order valence-electron chi connectivity index (χ0n) is 18.6. The molecule has 6 nitrogen and oxygen atoms in total. The SMILES string of the molecule is CCNC(=NCc1c(Cl)cccc1N1CCN(C)CC1)N1CCC(COCC)C1.I. The quantitative estimate of drug-likeness (QED) is 0.320. The molecule has 0 bridgehead atoms. The van der Waals surface area contributed by atoms with Gasteiger partial charge in [0.05, 0.1) is 13.2 Å². The van der Waals surface area contributed by atoms with Crippen LogP contribution >= 0.6 is 35.6 Å². The lowest BCUT2D eigenvalue weighted by Gasteiger charge is -2.35. The van der Waals surface area contributed by atoms with Crippen LogP contribution in [0, 0.1) is 5.92 Å². The molecule has 1 N–H and O–H groups in total. The van der Waals surface area contributed by atoms with Crippen molar-refractivity contribution in [2.45, 2.75) is 26.8 Å². The van der Waals surface area contributed by atoms with Crippen LogP contribution in [0.2, 0.25) is 5.02 Å². The molecule has 2 aliphatic heterocycles. The van der Waals surface area contributed by atoms with Crippen molar-refractivity contribution in [3.8, 4) is 0 Å². The smallest absolute Gasteiger partial charge is 0.194 e. The molecule has 1 aromatic carbocycles. The number of hydrogen-bond acceptors (Lipinski definition) is 4. The molecule has 0 amide bonds. The summed E-state index contributed by atoms with van der Waals surface area (Å²) in [5.74, 6) is 1.57. The molecule has 0 aromatic heterocycles. The van der Waals surface area contributed by atoms with Crippen LogP contribution in [0.3, 0.4) is 0 Å². The number of anilines is 1. The van der Waals surface area contributed by atoms with Gasteiger partial charge in [-0.15, -0.1) is 24.0 Å². The van der Waals surface area contributed by atoms with Crippen molar-refractivity contribution in [2.24, 2.45) is 10.9 Å². The van der Waals surface area contributed by atoms with Gasteiger partial charge in [-0.2, -0.15) is 0 Å². The van der Waals surface area contributed by atoms with Crippen molar-refractivity contribution in [2.75, 3.05) is 71.0 Å². The molecular formula is C22H37ClIN5O. The number of ether oxygens (including phenoxy) is 1. The van der Waals surface area contributed by atoms with E-state index in [1.165, 1.54) is 5.69 Å². The van der Waals surface area contributed by atoms with Gasteiger partial charge in [0.1, 0.15) is 0 Å². The van der Waals surface area contributed by atoms with E-state index >= 15 is 0 Å². The number of nitrogens with one attached hydrogen (secondary N) is 1. The molecule has 2 saturated heterocycles. The van der Waals surface area contributed by atoms with Crippen molar-refractivity contribution < 1.29 is 4.74 Å².